The Morgan fingerprint density at radius 1 is 1.67 bits per heavy atom. The molecule has 0 aromatic heterocycles. The maximum atomic E-state index is 8.25. The second kappa shape index (κ2) is 3.08. The summed E-state index contributed by atoms with van der Waals surface area (Å²) in [5.74, 6) is 0. The van der Waals surface area contributed by atoms with Crippen LogP contribution in [0.3, 0.4) is 0 Å². The topological polar surface area (TPSA) is 60.7 Å². The molecule has 6 heavy (non-hydrogen) atoms. The van der Waals surface area contributed by atoms with E-state index in [9.17, 15) is 0 Å². The minimum absolute atomic E-state index is 0.565. The van der Waals surface area contributed by atoms with Gasteiger partial charge in [-0.1, -0.05) is 0 Å². The highest BCUT2D eigenvalue weighted by Crippen LogP contribution is 1.71. The average molecular weight is 95.1 g/mol. The molecule has 0 heterocycles. The van der Waals surface area contributed by atoms with Crippen molar-refractivity contribution in [2.75, 3.05) is 13.2 Å². The maximum absolute atomic E-state index is 8.25. The first-order chi connectivity index (χ1) is 3.18. The predicted octanol–water partition coefficient (Wildman–Crippen LogP) is -1.67. The van der Waals surface area contributed by atoms with Crippen molar-refractivity contribution in [3.05, 3.63) is 0 Å². The van der Waals surface area contributed by atoms with Crippen LogP contribution in [0.1, 0.15) is 1.37 Å². The van der Waals surface area contributed by atoms with Crippen LogP contribution in [0.4, 0.5) is 0 Å². The summed E-state index contributed by atoms with van der Waals surface area (Å²) in [6.45, 7) is -2.14. The Morgan fingerprint density at radius 3 is 2.17 bits per heavy atom. The molecule has 2 atom stereocenters. The second-order valence-corrected chi connectivity index (χ2v) is 0.899. The fraction of sp³-hybridized carbons (Fsp3) is 1.00. The highest BCUT2D eigenvalue weighted by molar-refractivity contribution is 4.43. The minimum Gasteiger partial charge on any atom is -0.394 e. The van der Waals surface area contributed by atoms with E-state index in [1.165, 1.54) is 0 Å². The summed E-state index contributed by atoms with van der Waals surface area (Å²) in [6, 6.07) is 0. The quantitative estimate of drug-likeness (QED) is 0.359. The Morgan fingerprint density at radius 2 is 2.17 bits per heavy atom. The number of aliphatic hydroxyl groups excluding tert-OH is 3. The molecule has 3 heteroatoms. The fourth-order valence-corrected chi connectivity index (χ4v) is 0.0471. The van der Waals surface area contributed by atoms with Crippen LogP contribution in [0.25, 0.3) is 0 Å². The van der Waals surface area contributed by atoms with Crippen molar-refractivity contribution in [2.45, 2.75) is 6.10 Å². The van der Waals surface area contributed by atoms with Crippen molar-refractivity contribution in [3.8, 4) is 0 Å². The molecule has 3 nitrogen and oxygen atoms in total. The molecule has 38 valence electrons. The highest BCUT2D eigenvalue weighted by atomic mass is 16.5. The molecule has 3 N–H and O–H groups in total. The summed E-state index contributed by atoms with van der Waals surface area (Å²) in [4.78, 5) is 0. The normalized spacial score (nSPS) is 22.2. The molecule has 0 bridgehead atoms. The van der Waals surface area contributed by atoms with E-state index in [2.05, 4.69) is 0 Å². The second-order valence-electron chi connectivity index (χ2n) is 0.899. The zero-order valence-electron chi connectivity index (χ0n) is 4.20. The first-order valence-electron chi connectivity index (χ1n) is 2.15. The van der Waals surface area contributed by atoms with Crippen LogP contribution in [-0.4, -0.2) is 34.6 Å². The highest BCUT2D eigenvalue weighted by Gasteiger charge is 1.93. The van der Waals surface area contributed by atoms with Gasteiger partial charge in [-0.3, -0.25) is 0 Å². The molecule has 0 aromatic carbocycles. The smallest absolute Gasteiger partial charge is 0.100 e. The van der Waals surface area contributed by atoms with Gasteiger partial charge in [0.2, 0.25) is 0 Å². The first-order valence-corrected chi connectivity index (χ1v) is 1.57. The molecule has 0 aromatic rings. The lowest BCUT2D eigenvalue weighted by atomic mass is 11.0. The molecular weight excluding hydrogens is 86.0 g/mol. The third kappa shape index (κ3) is 2.14. The van der Waals surface area contributed by atoms with E-state index in [0.717, 1.165) is 0 Å². The summed E-state index contributed by atoms with van der Waals surface area (Å²) in [7, 11) is 0. The van der Waals surface area contributed by atoms with E-state index >= 15 is 0 Å². The van der Waals surface area contributed by atoms with E-state index in [0.29, 0.717) is 0 Å². The molecule has 0 fully saturated rings. The largest absolute Gasteiger partial charge is 0.394 e. The predicted molar refractivity (Wildman–Crippen MR) is 20.2 cm³/mol. The van der Waals surface area contributed by atoms with Crippen molar-refractivity contribution in [3.63, 3.8) is 0 Å². The zero-order chi connectivity index (χ0) is 5.86. The number of rotatable bonds is 2. The SMILES string of the molecule is [2H]C(O)[13C@H](O)[13CH2]O. The zero-order valence-corrected chi connectivity index (χ0v) is 3.20. The molecule has 0 aliphatic carbocycles. The summed E-state index contributed by atoms with van der Waals surface area (Å²) < 4.78 is 6.33. The number of aliphatic hydroxyl groups is 3. The van der Waals surface area contributed by atoms with E-state index < -0.39 is 19.3 Å². The van der Waals surface area contributed by atoms with Gasteiger partial charge in [-0.15, -0.1) is 0 Å². The van der Waals surface area contributed by atoms with E-state index in [1.807, 2.05) is 0 Å². The molecule has 0 radical (unpaired) electrons. The van der Waals surface area contributed by atoms with Crippen LogP contribution in [0.2, 0.25) is 0 Å². The lowest BCUT2D eigenvalue weighted by Crippen LogP contribution is -2.15. The van der Waals surface area contributed by atoms with Gasteiger partial charge in [0.15, 0.2) is 0 Å². The van der Waals surface area contributed by atoms with Gasteiger partial charge in [-0.25, -0.2) is 0 Å². The molecule has 0 aliphatic rings. The van der Waals surface area contributed by atoms with Gasteiger partial charge < -0.3 is 15.3 Å². The van der Waals surface area contributed by atoms with Crippen LogP contribution < -0.4 is 0 Å². The van der Waals surface area contributed by atoms with Crippen LogP contribution in [0.15, 0.2) is 0 Å². The van der Waals surface area contributed by atoms with Crippen molar-refractivity contribution in [1.29, 1.82) is 0 Å². The van der Waals surface area contributed by atoms with Gasteiger partial charge in [0.05, 0.1) is 14.6 Å². The van der Waals surface area contributed by atoms with Crippen LogP contribution in [-0.2, 0) is 0 Å². The van der Waals surface area contributed by atoms with Gasteiger partial charge in [-0.2, -0.15) is 0 Å². The average Bonchev–Trinajstić information content (AvgIpc) is 1.65. The fourth-order valence-electron chi connectivity index (χ4n) is 0.0471. The summed E-state index contributed by atoms with van der Waals surface area (Å²) in [6.07, 6.45) is -1.32. The maximum Gasteiger partial charge on any atom is 0.100 e. The third-order valence-corrected chi connectivity index (χ3v) is 0.359. The Kier molecular flexibility index (Phi) is 2.08. The van der Waals surface area contributed by atoms with Crippen LogP contribution in [0.5, 0.6) is 0 Å². The molecule has 1 unspecified atom stereocenters. The lowest BCUT2D eigenvalue weighted by Gasteiger charge is -1.96. The summed E-state index contributed by atoms with van der Waals surface area (Å²) >= 11 is 0. The van der Waals surface area contributed by atoms with Gasteiger partial charge in [-0.05, 0) is 0 Å². The van der Waals surface area contributed by atoms with Crippen molar-refractivity contribution < 1.29 is 16.7 Å². The van der Waals surface area contributed by atoms with Crippen LogP contribution in [0, 0.1) is 0 Å². The molecule has 0 saturated carbocycles. The van der Waals surface area contributed by atoms with Gasteiger partial charge in [0, 0.05) is 0 Å². The molecule has 0 rings (SSSR count). The molecular formula is C3H8O3. The third-order valence-electron chi connectivity index (χ3n) is 0.359. The van der Waals surface area contributed by atoms with Gasteiger partial charge in [0.1, 0.15) is 6.10 Å². The van der Waals surface area contributed by atoms with E-state index in [4.69, 9.17) is 16.7 Å². The Bertz CT molecular complexity index is 47.4. The number of hydrogen-bond acceptors (Lipinski definition) is 3. The molecule has 0 spiro atoms. The van der Waals surface area contributed by atoms with Crippen molar-refractivity contribution in [2.24, 2.45) is 0 Å². The number of hydrogen-bond donors (Lipinski definition) is 3. The summed E-state index contributed by atoms with van der Waals surface area (Å²) in [5.41, 5.74) is 0. The standard InChI is InChI=1S/C3H8O3/c4-1-3(6)2-5/h3-6H,1-2H2/i1D,2+1,3+1/t1?,3-/m0/s1. The van der Waals surface area contributed by atoms with Crippen molar-refractivity contribution in [1.82, 2.24) is 0 Å². The molecule has 0 aliphatic heterocycles. The Hall–Kier alpha value is -0.120. The Balaban J connectivity index is 3.14. The van der Waals surface area contributed by atoms with Crippen LogP contribution >= 0.6 is 0 Å². The minimum atomic E-state index is -1.58. The molecule has 0 saturated heterocycles. The summed E-state index contributed by atoms with van der Waals surface area (Å²) in [5, 5.41) is 24.3. The lowest BCUT2D eigenvalue weighted by molar-refractivity contribution is 0.0450. The Labute approximate surface area is 37.3 Å². The van der Waals surface area contributed by atoms with E-state index in [1.54, 1.807) is 0 Å². The first kappa shape index (κ1) is 4.05. The van der Waals surface area contributed by atoms with Gasteiger partial charge >= 0.3 is 0 Å². The van der Waals surface area contributed by atoms with E-state index in [-0.39, 0.29) is 0 Å². The van der Waals surface area contributed by atoms with Gasteiger partial charge in [0.25, 0.3) is 0 Å². The van der Waals surface area contributed by atoms with Crippen molar-refractivity contribution >= 4 is 0 Å². The monoisotopic (exact) mass is 95.1 g/mol. The molecule has 0 amide bonds.